The molecule has 1 amide bonds. The van der Waals surface area contributed by atoms with Crippen molar-refractivity contribution in [1.29, 1.82) is 0 Å². The molecule has 3 rings (SSSR count). The molecule has 1 N–H and O–H groups in total. The number of anilines is 1. The minimum atomic E-state index is -0.526. The van der Waals surface area contributed by atoms with Crippen LogP contribution in [0, 0.1) is 5.82 Å². The van der Waals surface area contributed by atoms with Crippen molar-refractivity contribution < 1.29 is 9.18 Å². The van der Waals surface area contributed by atoms with E-state index in [0.29, 0.717) is 5.92 Å². The summed E-state index contributed by atoms with van der Waals surface area (Å²) in [6.07, 6.45) is 2.84. The third-order valence-corrected chi connectivity index (χ3v) is 4.13. The number of fused-ring (bicyclic) bond motifs is 1. The molecule has 0 aromatic carbocycles. The summed E-state index contributed by atoms with van der Waals surface area (Å²) in [5, 5.41) is 2.53. The number of hydrogen-bond donors (Lipinski definition) is 1. The van der Waals surface area contributed by atoms with E-state index in [0.717, 1.165) is 30.3 Å². The number of pyridine rings is 2. The van der Waals surface area contributed by atoms with Gasteiger partial charge in [0.05, 0.1) is 6.20 Å². The Labute approximate surface area is 126 Å². The van der Waals surface area contributed by atoms with Crippen LogP contribution >= 0.6 is 0 Å². The van der Waals surface area contributed by atoms with Crippen molar-refractivity contribution in [2.75, 3.05) is 5.32 Å². The second-order valence-corrected chi connectivity index (χ2v) is 5.58. The highest BCUT2D eigenvalue weighted by Crippen LogP contribution is 2.31. The van der Waals surface area contributed by atoms with Crippen molar-refractivity contribution >= 4 is 11.7 Å². The molecule has 2 aromatic heterocycles. The molecule has 0 radical (unpaired) electrons. The number of carbonyl (C=O) groups excluding carboxylic acids is 1. The molecule has 0 fully saturated rings. The Kier molecular flexibility index (Phi) is 3.52. The Hall–Kier alpha value is -2.50. The Bertz CT molecular complexity index is 796. The van der Waals surface area contributed by atoms with Crippen molar-refractivity contribution in [2.24, 2.45) is 7.05 Å². The van der Waals surface area contributed by atoms with E-state index in [2.05, 4.69) is 17.2 Å². The predicted octanol–water partition coefficient (Wildman–Crippen LogP) is 2.22. The van der Waals surface area contributed by atoms with Gasteiger partial charge in [0.25, 0.3) is 11.5 Å². The summed E-state index contributed by atoms with van der Waals surface area (Å²) in [7, 11) is 1.69. The number of nitrogens with one attached hydrogen (secondary N) is 1. The van der Waals surface area contributed by atoms with Gasteiger partial charge in [-0.1, -0.05) is 6.92 Å². The van der Waals surface area contributed by atoms with Crippen molar-refractivity contribution in [2.45, 2.75) is 25.7 Å². The first kappa shape index (κ1) is 14.4. The van der Waals surface area contributed by atoms with Gasteiger partial charge in [-0.3, -0.25) is 9.59 Å². The molecule has 0 aliphatic heterocycles. The van der Waals surface area contributed by atoms with Gasteiger partial charge in [0, 0.05) is 12.7 Å². The molecule has 1 aliphatic rings. The first-order chi connectivity index (χ1) is 10.5. The van der Waals surface area contributed by atoms with Gasteiger partial charge in [-0.05, 0) is 42.5 Å². The lowest BCUT2D eigenvalue weighted by Gasteiger charge is -2.12. The van der Waals surface area contributed by atoms with E-state index >= 15 is 0 Å². The Morgan fingerprint density at radius 1 is 1.45 bits per heavy atom. The summed E-state index contributed by atoms with van der Waals surface area (Å²) in [5.74, 6) is -0.471. The minimum absolute atomic E-state index is 0.0844. The van der Waals surface area contributed by atoms with Crippen LogP contribution in [0.3, 0.4) is 0 Å². The van der Waals surface area contributed by atoms with Crippen LogP contribution in [0.15, 0.2) is 29.2 Å². The molecule has 0 bridgehead atoms. The normalized spacial score (nSPS) is 16.4. The smallest absolute Gasteiger partial charge is 0.263 e. The molecule has 2 heterocycles. The van der Waals surface area contributed by atoms with E-state index in [9.17, 15) is 14.0 Å². The van der Waals surface area contributed by atoms with Crippen LogP contribution in [-0.2, 0) is 13.5 Å². The SMILES string of the molecule is CC1CCc2c1cc(C(=O)Nc1ccc(F)cn1)c(=O)n2C. The molecule has 1 aliphatic carbocycles. The Morgan fingerprint density at radius 3 is 2.91 bits per heavy atom. The fraction of sp³-hybridized carbons (Fsp3) is 0.312. The fourth-order valence-corrected chi connectivity index (χ4v) is 2.84. The number of nitrogens with zero attached hydrogens (tertiary/aromatic N) is 2. The molecule has 5 nitrogen and oxygen atoms in total. The largest absolute Gasteiger partial charge is 0.315 e. The van der Waals surface area contributed by atoms with Crippen LogP contribution in [0.5, 0.6) is 0 Å². The third-order valence-electron chi connectivity index (χ3n) is 4.13. The van der Waals surface area contributed by atoms with Crippen molar-refractivity contribution in [3.63, 3.8) is 0 Å². The molecule has 1 atom stereocenters. The highest BCUT2D eigenvalue weighted by molar-refractivity contribution is 6.03. The Balaban J connectivity index is 1.96. The van der Waals surface area contributed by atoms with Crippen LogP contribution in [0.1, 0.15) is 40.9 Å². The van der Waals surface area contributed by atoms with E-state index in [1.165, 1.54) is 12.1 Å². The van der Waals surface area contributed by atoms with Crippen molar-refractivity contribution in [1.82, 2.24) is 9.55 Å². The molecule has 6 heteroatoms. The van der Waals surface area contributed by atoms with Gasteiger partial charge in [0.2, 0.25) is 0 Å². The summed E-state index contributed by atoms with van der Waals surface area (Å²) < 4.78 is 14.4. The second kappa shape index (κ2) is 5.36. The molecule has 2 aromatic rings. The molecular formula is C16H16FN3O2. The van der Waals surface area contributed by atoms with Crippen LogP contribution < -0.4 is 10.9 Å². The maximum atomic E-state index is 12.8. The van der Waals surface area contributed by atoms with E-state index in [1.807, 2.05) is 0 Å². The molecular weight excluding hydrogens is 285 g/mol. The molecule has 0 spiro atoms. The topological polar surface area (TPSA) is 64.0 Å². The third kappa shape index (κ3) is 2.41. The lowest BCUT2D eigenvalue weighted by atomic mass is 10.0. The van der Waals surface area contributed by atoms with Gasteiger partial charge in [0.1, 0.15) is 17.2 Å². The fourth-order valence-electron chi connectivity index (χ4n) is 2.84. The quantitative estimate of drug-likeness (QED) is 0.925. The Morgan fingerprint density at radius 2 is 2.23 bits per heavy atom. The van der Waals surface area contributed by atoms with E-state index in [4.69, 9.17) is 0 Å². The lowest BCUT2D eigenvalue weighted by molar-refractivity contribution is 0.102. The highest BCUT2D eigenvalue weighted by Gasteiger charge is 2.25. The monoisotopic (exact) mass is 301 g/mol. The lowest BCUT2D eigenvalue weighted by Crippen LogP contribution is -2.30. The highest BCUT2D eigenvalue weighted by atomic mass is 19.1. The van der Waals surface area contributed by atoms with E-state index < -0.39 is 11.7 Å². The molecule has 0 saturated heterocycles. The average molecular weight is 301 g/mol. The van der Waals surface area contributed by atoms with Crippen molar-refractivity contribution in [3.8, 4) is 0 Å². The summed E-state index contributed by atoms with van der Waals surface area (Å²) in [6.45, 7) is 2.08. The maximum absolute atomic E-state index is 12.8. The first-order valence-corrected chi connectivity index (χ1v) is 7.13. The van der Waals surface area contributed by atoms with Gasteiger partial charge in [-0.25, -0.2) is 9.37 Å². The molecule has 1 unspecified atom stereocenters. The summed E-state index contributed by atoms with van der Waals surface area (Å²) in [4.78, 5) is 28.4. The number of aromatic nitrogens is 2. The zero-order valence-corrected chi connectivity index (χ0v) is 12.4. The standard InChI is InChI=1S/C16H16FN3O2/c1-9-3-5-13-11(9)7-12(16(22)20(13)2)15(21)19-14-6-4-10(17)8-18-14/h4,6-9H,3,5H2,1-2H3,(H,18,19,21). The number of rotatable bonds is 2. The van der Waals surface area contributed by atoms with Crippen LogP contribution in [0.2, 0.25) is 0 Å². The second-order valence-electron chi connectivity index (χ2n) is 5.58. The van der Waals surface area contributed by atoms with Gasteiger partial charge in [-0.2, -0.15) is 0 Å². The van der Waals surface area contributed by atoms with Gasteiger partial charge < -0.3 is 9.88 Å². The van der Waals surface area contributed by atoms with Gasteiger partial charge in [0.15, 0.2) is 0 Å². The van der Waals surface area contributed by atoms with Gasteiger partial charge in [-0.15, -0.1) is 0 Å². The van der Waals surface area contributed by atoms with E-state index in [-0.39, 0.29) is 16.9 Å². The number of carbonyl (C=O) groups is 1. The molecule has 22 heavy (non-hydrogen) atoms. The molecule has 114 valence electrons. The number of amides is 1. The summed E-state index contributed by atoms with van der Waals surface area (Å²) in [6, 6.07) is 4.23. The zero-order valence-electron chi connectivity index (χ0n) is 12.4. The van der Waals surface area contributed by atoms with E-state index in [1.54, 1.807) is 17.7 Å². The predicted molar refractivity (Wildman–Crippen MR) is 80.6 cm³/mol. The summed E-state index contributed by atoms with van der Waals surface area (Å²) in [5.41, 5.74) is 1.79. The first-order valence-electron chi connectivity index (χ1n) is 7.13. The van der Waals surface area contributed by atoms with Crippen LogP contribution in [-0.4, -0.2) is 15.5 Å². The van der Waals surface area contributed by atoms with Crippen LogP contribution in [0.4, 0.5) is 10.2 Å². The van der Waals surface area contributed by atoms with Gasteiger partial charge >= 0.3 is 0 Å². The molecule has 0 saturated carbocycles. The van der Waals surface area contributed by atoms with Crippen LogP contribution in [0.25, 0.3) is 0 Å². The average Bonchev–Trinajstić information content (AvgIpc) is 2.86. The summed E-state index contributed by atoms with van der Waals surface area (Å²) >= 11 is 0. The number of halogens is 1. The number of hydrogen-bond acceptors (Lipinski definition) is 3. The van der Waals surface area contributed by atoms with Crippen molar-refractivity contribution in [3.05, 3.63) is 57.4 Å². The minimum Gasteiger partial charge on any atom is -0.315 e. The maximum Gasteiger partial charge on any atom is 0.263 e. The zero-order chi connectivity index (χ0) is 15.9.